The van der Waals surface area contributed by atoms with E-state index in [0.29, 0.717) is 17.9 Å². The van der Waals surface area contributed by atoms with E-state index in [-0.39, 0.29) is 5.82 Å². The van der Waals surface area contributed by atoms with Crippen molar-refractivity contribution in [3.8, 4) is 11.5 Å². The second-order valence-electron chi connectivity index (χ2n) is 4.34. The largest absolute Gasteiger partial charge is 0.496 e. The summed E-state index contributed by atoms with van der Waals surface area (Å²) in [6.07, 6.45) is 0. The summed E-state index contributed by atoms with van der Waals surface area (Å²) in [5, 5.41) is 0. The SMILES string of the molecule is CCOc1ccc(C(N)c2c(F)cccc2OC)cc1. The van der Waals surface area contributed by atoms with Crippen molar-refractivity contribution in [1.82, 2.24) is 0 Å². The Bertz CT molecular complexity index is 569. The summed E-state index contributed by atoms with van der Waals surface area (Å²) in [7, 11) is 1.50. The van der Waals surface area contributed by atoms with Crippen molar-refractivity contribution in [1.29, 1.82) is 0 Å². The first-order valence-electron chi connectivity index (χ1n) is 6.48. The van der Waals surface area contributed by atoms with Crippen molar-refractivity contribution in [2.45, 2.75) is 13.0 Å². The van der Waals surface area contributed by atoms with Crippen LogP contribution in [0.2, 0.25) is 0 Å². The Morgan fingerprint density at radius 2 is 1.85 bits per heavy atom. The van der Waals surface area contributed by atoms with Crippen LogP contribution in [-0.4, -0.2) is 13.7 Å². The van der Waals surface area contributed by atoms with Crippen molar-refractivity contribution >= 4 is 0 Å². The minimum Gasteiger partial charge on any atom is -0.496 e. The van der Waals surface area contributed by atoms with E-state index in [4.69, 9.17) is 15.2 Å². The normalized spacial score (nSPS) is 12.0. The van der Waals surface area contributed by atoms with Crippen LogP contribution in [0.15, 0.2) is 42.5 Å². The molecule has 2 aromatic rings. The Kier molecular flexibility index (Phi) is 4.58. The quantitative estimate of drug-likeness (QED) is 0.910. The van der Waals surface area contributed by atoms with Gasteiger partial charge in [0.25, 0.3) is 0 Å². The Balaban J connectivity index is 2.33. The maximum absolute atomic E-state index is 14.0. The number of nitrogens with two attached hydrogens (primary N) is 1. The maximum Gasteiger partial charge on any atom is 0.132 e. The summed E-state index contributed by atoms with van der Waals surface area (Å²) in [6.45, 7) is 2.52. The van der Waals surface area contributed by atoms with Crippen LogP contribution < -0.4 is 15.2 Å². The molecular formula is C16H18FNO2. The molecule has 1 atom stereocenters. The third-order valence-corrected chi connectivity index (χ3v) is 3.09. The molecule has 0 aromatic heterocycles. The molecule has 4 heteroatoms. The van der Waals surface area contributed by atoms with Crippen molar-refractivity contribution in [2.75, 3.05) is 13.7 Å². The zero-order valence-electron chi connectivity index (χ0n) is 11.6. The lowest BCUT2D eigenvalue weighted by molar-refractivity contribution is 0.340. The van der Waals surface area contributed by atoms with Crippen LogP contribution >= 0.6 is 0 Å². The molecule has 0 aliphatic rings. The van der Waals surface area contributed by atoms with Crippen molar-refractivity contribution in [3.63, 3.8) is 0 Å². The van der Waals surface area contributed by atoms with Gasteiger partial charge in [0.2, 0.25) is 0 Å². The second kappa shape index (κ2) is 6.39. The van der Waals surface area contributed by atoms with Gasteiger partial charge in [-0.15, -0.1) is 0 Å². The van der Waals surface area contributed by atoms with Gasteiger partial charge in [-0.2, -0.15) is 0 Å². The summed E-state index contributed by atoms with van der Waals surface area (Å²) >= 11 is 0. The minimum atomic E-state index is -0.582. The van der Waals surface area contributed by atoms with E-state index in [1.165, 1.54) is 13.2 Å². The van der Waals surface area contributed by atoms with E-state index >= 15 is 0 Å². The molecule has 0 bridgehead atoms. The van der Waals surface area contributed by atoms with Gasteiger partial charge >= 0.3 is 0 Å². The van der Waals surface area contributed by atoms with Crippen LogP contribution in [0, 0.1) is 5.82 Å². The van der Waals surface area contributed by atoms with Crippen LogP contribution in [0.4, 0.5) is 4.39 Å². The van der Waals surface area contributed by atoms with E-state index in [2.05, 4.69) is 0 Å². The Morgan fingerprint density at radius 1 is 1.15 bits per heavy atom. The van der Waals surface area contributed by atoms with Gasteiger partial charge < -0.3 is 15.2 Å². The van der Waals surface area contributed by atoms with Crippen LogP contribution in [0.25, 0.3) is 0 Å². The molecule has 2 rings (SSSR count). The summed E-state index contributed by atoms with van der Waals surface area (Å²) in [4.78, 5) is 0. The Morgan fingerprint density at radius 3 is 2.45 bits per heavy atom. The topological polar surface area (TPSA) is 44.5 Å². The first-order chi connectivity index (χ1) is 9.67. The Labute approximate surface area is 118 Å². The minimum absolute atomic E-state index is 0.360. The lowest BCUT2D eigenvalue weighted by Crippen LogP contribution is -2.15. The summed E-state index contributed by atoms with van der Waals surface area (Å²) in [5.41, 5.74) is 7.32. The first kappa shape index (κ1) is 14.3. The predicted molar refractivity (Wildman–Crippen MR) is 76.6 cm³/mol. The zero-order valence-corrected chi connectivity index (χ0v) is 11.6. The van der Waals surface area contributed by atoms with Gasteiger partial charge in [-0.3, -0.25) is 0 Å². The summed E-state index contributed by atoms with van der Waals surface area (Å²) in [5.74, 6) is 0.848. The molecule has 0 radical (unpaired) electrons. The number of rotatable bonds is 5. The van der Waals surface area contributed by atoms with E-state index in [1.807, 2.05) is 31.2 Å². The number of hydrogen-bond donors (Lipinski definition) is 1. The number of methoxy groups -OCH3 is 1. The van der Waals surface area contributed by atoms with Crippen molar-refractivity contribution in [2.24, 2.45) is 5.73 Å². The lowest BCUT2D eigenvalue weighted by atomic mass is 9.98. The molecule has 106 valence electrons. The highest BCUT2D eigenvalue weighted by Crippen LogP contribution is 2.31. The van der Waals surface area contributed by atoms with Crippen LogP contribution in [0.5, 0.6) is 11.5 Å². The van der Waals surface area contributed by atoms with E-state index < -0.39 is 6.04 Å². The fraction of sp³-hybridized carbons (Fsp3) is 0.250. The zero-order chi connectivity index (χ0) is 14.5. The summed E-state index contributed by atoms with van der Waals surface area (Å²) in [6, 6.07) is 11.4. The second-order valence-corrected chi connectivity index (χ2v) is 4.34. The van der Waals surface area contributed by atoms with Gasteiger partial charge in [-0.25, -0.2) is 4.39 Å². The monoisotopic (exact) mass is 275 g/mol. The molecule has 1 unspecified atom stereocenters. The van der Waals surface area contributed by atoms with Gasteiger partial charge in [0.05, 0.1) is 25.3 Å². The Hall–Kier alpha value is -2.07. The molecule has 0 fully saturated rings. The molecule has 0 aliphatic heterocycles. The molecule has 2 N–H and O–H groups in total. The third-order valence-electron chi connectivity index (χ3n) is 3.09. The standard InChI is InChI=1S/C16H18FNO2/c1-3-20-12-9-7-11(8-10-12)16(18)15-13(17)5-4-6-14(15)19-2/h4-10,16H,3,18H2,1-2H3. The van der Waals surface area contributed by atoms with E-state index in [9.17, 15) is 4.39 Å². The maximum atomic E-state index is 14.0. The van der Waals surface area contributed by atoms with Gasteiger partial charge in [0, 0.05) is 0 Å². The lowest BCUT2D eigenvalue weighted by Gasteiger charge is -2.17. The van der Waals surface area contributed by atoms with Crippen LogP contribution in [0.3, 0.4) is 0 Å². The number of halogens is 1. The molecule has 3 nitrogen and oxygen atoms in total. The molecule has 0 amide bonds. The highest BCUT2D eigenvalue weighted by atomic mass is 19.1. The molecule has 2 aromatic carbocycles. The fourth-order valence-corrected chi connectivity index (χ4v) is 2.10. The molecule has 0 spiro atoms. The number of hydrogen-bond acceptors (Lipinski definition) is 3. The van der Waals surface area contributed by atoms with E-state index in [1.54, 1.807) is 12.1 Å². The predicted octanol–water partition coefficient (Wildman–Crippen LogP) is 3.28. The highest BCUT2D eigenvalue weighted by molar-refractivity contribution is 5.43. The molecule has 0 saturated heterocycles. The smallest absolute Gasteiger partial charge is 0.132 e. The van der Waals surface area contributed by atoms with Crippen molar-refractivity contribution < 1.29 is 13.9 Å². The van der Waals surface area contributed by atoms with Gasteiger partial charge in [-0.05, 0) is 36.8 Å². The molecule has 0 aliphatic carbocycles. The molecule has 0 saturated carbocycles. The number of ether oxygens (including phenoxy) is 2. The van der Waals surface area contributed by atoms with Gasteiger partial charge in [-0.1, -0.05) is 18.2 Å². The van der Waals surface area contributed by atoms with Crippen molar-refractivity contribution in [3.05, 3.63) is 59.4 Å². The third kappa shape index (κ3) is 2.91. The van der Waals surface area contributed by atoms with Gasteiger partial charge in [0.1, 0.15) is 17.3 Å². The van der Waals surface area contributed by atoms with Gasteiger partial charge in [0.15, 0.2) is 0 Å². The summed E-state index contributed by atoms with van der Waals surface area (Å²) < 4.78 is 24.6. The molecular weight excluding hydrogens is 257 g/mol. The van der Waals surface area contributed by atoms with Crippen LogP contribution in [-0.2, 0) is 0 Å². The number of benzene rings is 2. The molecule has 0 heterocycles. The van der Waals surface area contributed by atoms with Crippen LogP contribution in [0.1, 0.15) is 24.1 Å². The average molecular weight is 275 g/mol. The highest BCUT2D eigenvalue weighted by Gasteiger charge is 2.18. The molecule has 20 heavy (non-hydrogen) atoms. The first-order valence-corrected chi connectivity index (χ1v) is 6.48. The average Bonchev–Trinajstić information content (AvgIpc) is 2.47. The fourth-order valence-electron chi connectivity index (χ4n) is 2.10. The van der Waals surface area contributed by atoms with E-state index in [0.717, 1.165) is 11.3 Å².